The van der Waals surface area contributed by atoms with E-state index in [0.717, 1.165) is 18.5 Å². The molecule has 2 heterocycles. The largest absolute Gasteiger partial charge is 0.453 e. The number of nitrogens with one attached hydrogen (secondary N) is 2. The summed E-state index contributed by atoms with van der Waals surface area (Å²) in [4.78, 5) is 13.3. The van der Waals surface area contributed by atoms with Crippen LogP contribution >= 0.6 is 11.9 Å². The number of nitrogens with zero attached hydrogens (tertiary/aromatic N) is 3. The van der Waals surface area contributed by atoms with Crippen molar-refractivity contribution < 1.29 is 9.13 Å². The van der Waals surface area contributed by atoms with E-state index in [2.05, 4.69) is 20.0 Å². The quantitative estimate of drug-likeness (QED) is 0.313. The van der Waals surface area contributed by atoms with Gasteiger partial charge in [-0.3, -0.25) is 4.98 Å². The lowest BCUT2D eigenvalue weighted by Crippen LogP contribution is -2.23. The average Bonchev–Trinajstić information content (AvgIpc) is 2.90. The summed E-state index contributed by atoms with van der Waals surface area (Å²) in [5.74, 6) is 0.851. The summed E-state index contributed by atoms with van der Waals surface area (Å²) in [6.07, 6.45) is 17.4. The van der Waals surface area contributed by atoms with Gasteiger partial charge < -0.3 is 14.8 Å². The minimum Gasteiger partial charge on any atom is -0.453 e. The zero-order chi connectivity index (χ0) is 23.9. The van der Waals surface area contributed by atoms with Crippen LogP contribution in [0.3, 0.4) is 0 Å². The molecule has 35 heavy (non-hydrogen) atoms. The van der Waals surface area contributed by atoms with Crippen molar-refractivity contribution in [1.82, 2.24) is 15.0 Å². The van der Waals surface area contributed by atoms with E-state index in [-0.39, 0.29) is 5.75 Å². The van der Waals surface area contributed by atoms with E-state index in [1.165, 1.54) is 57.4 Å². The van der Waals surface area contributed by atoms with Gasteiger partial charge in [0.2, 0.25) is 5.95 Å². The van der Waals surface area contributed by atoms with Gasteiger partial charge in [0.15, 0.2) is 11.6 Å². The first-order chi connectivity index (χ1) is 17.2. The third-order valence-corrected chi connectivity index (χ3v) is 7.86. The van der Waals surface area contributed by atoms with Crippen LogP contribution in [0.5, 0.6) is 11.5 Å². The normalized spacial score (nSPS) is 17.2. The smallest absolute Gasteiger partial charge is 0.223 e. The van der Waals surface area contributed by atoms with Crippen LogP contribution in [0.4, 0.5) is 16.0 Å². The second kappa shape index (κ2) is 11.7. The van der Waals surface area contributed by atoms with Gasteiger partial charge in [-0.25, -0.2) is 14.4 Å². The summed E-state index contributed by atoms with van der Waals surface area (Å²) in [5, 5.41) is 4.05. The Kier molecular flexibility index (Phi) is 7.98. The van der Waals surface area contributed by atoms with Crippen LogP contribution in [0, 0.1) is 5.82 Å². The molecule has 0 aliphatic heterocycles. The molecular formula is C27H32FN5OS. The second-order valence-corrected chi connectivity index (χ2v) is 10.5. The Morgan fingerprint density at radius 1 is 0.886 bits per heavy atom. The molecule has 0 atom stereocenters. The summed E-state index contributed by atoms with van der Waals surface area (Å²) in [7, 11) is 0. The van der Waals surface area contributed by atoms with Crippen molar-refractivity contribution in [3.05, 3.63) is 54.7 Å². The molecule has 2 aliphatic rings. The standard InChI is InChI=1S/C27H32FN5OS/c28-23-17-20(33-35-21-9-5-2-6-10-21)11-12-26(23)34-25-14-15-29-18-22(25)24-13-16-30-27(32-24)31-19-7-3-1-4-8-19/h11-19,21,33H,1-10H2,(H,30,31,32). The van der Waals surface area contributed by atoms with Crippen LogP contribution in [0.1, 0.15) is 64.2 Å². The fourth-order valence-electron chi connectivity index (χ4n) is 4.77. The van der Waals surface area contributed by atoms with Crippen LogP contribution in [0.2, 0.25) is 0 Å². The molecule has 0 spiro atoms. The molecule has 2 aromatic heterocycles. The van der Waals surface area contributed by atoms with Crippen LogP contribution in [-0.2, 0) is 0 Å². The third kappa shape index (κ3) is 6.42. The van der Waals surface area contributed by atoms with Crippen molar-refractivity contribution in [2.45, 2.75) is 75.5 Å². The molecule has 0 bridgehead atoms. The van der Waals surface area contributed by atoms with Crippen molar-refractivity contribution in [2.24, 2.45) is 0 Å². The highest BCUT2D eigenvalue weighted by molar-refractivity contribution is 8.01. The molecule has 5 rings (SSSR count). The lowest BCUT2D eigenvalue weighted by Gasteiger charge is -2.22. The van der Waals surface area contributed by atoms with E-state index in [4.69, 9.17) is 9.72 Å². The summed E-state index contributed by atoms with van der Waals surface area (Å²) < 4.78 is 24.2. The van der Waals surface area contributed by atoms with Gasteiger partial charge in [0.05, 0.1) is 11.3 Å². The Morgan fingerprint density at radius 3 is 2.49 bits per heavy atom. The van der Waals surface area contributed by atoms with E-state index in [1.807, 2.05) is 12.1 Å². The highest BCUT2D eigenvalue weighted by Crippen LogP contribution is 2.35. The molecule has 2 fully saturated rings. The number of ether oxygens (including phenoxy) is 1. The van der Waals surface area contributed by atoms with Crippen LogP contribution in [0.15, 0.2) is 48.9 Å². The lowest BCUT2D eigenvalue weighted by atomic mass is 9.96. The molecule has 1 aromatic carbocycles. The lowest BCUT2D eigenvalue weighted by molar-refractivity contribution is 0.443. The minimum absolute atomic E-state index is 0.167. The van der Waals surface area contributed by atoms with E-state index in [0.29, 0.717) is 34.2 Å². The SMILES string of the molecule is Fc1cc(NSC2CCCCC2)ccc1Oc1ccncc1-c1ccnc(NC2CCCCC2)n1. The number of pyridine rings is 1. The molecule has 0 amide bonds. The Balaban J connectivity index is 1.28. The molecule has 3 aromatic rings. The molecule has 0 saturated heterocycles. The van der Waals surface area contributed by atoms with Crippen molar-refractivity contribution in [3.8, 4) is 22.8 Å². The molecule has 2 aliphatic carbocycles. The maximum atomic E-state index is 14.9. The third-order valence-electron chi connectivity index (χ3n) is 6.70. The molecule has 184 valence electrons. The van der Waals surface area contributed by atoms with Crippen molar-refractivity contribution in [3.63, 3.8) is 0 Å². The Hall–Kier alpha value is -2.87. The maximum absolute atomic E-state index is 14.9. The van der Waals surface area contributed by atoms with Crippen molar-refractivity contribution in [1.29, 1.82) is 0 Å². The summed E-state index contributed by atoms with van der Waals surface area (Å²) in [6.45, 7) is 0. The van der Waals surface area contributed by atoms with Crippen LogP contribution in [0.25, 0.3) is 11.3 Å². The second-order valence-electron chi connectivity index (χ2n) is 9.34. The molecule has 0 unspecified atom stereocenters. The molecular weight excluding hydrogens is 461 g/mol. The number of benzene rings is 1. The zero-order valence-corrected chi connectivity index (χ0v) is 20.7. The van der Waals surface area contributed by atoms with Crippen molar-refractivity contribution in [2.75, 3.05) is 10.0 Å². The van der Waals surface area contributed by atoms with Gasteiger partial charge >= 0.3 is 0 Å². The number of anilines is 2. The number of halogens is 1. The zero-order valence-electron chi connectivity index (χ0n) is 19.9. The molecule has 0 radical (unpaired) electrons. The summed E-state index contributed by atoms with van der Waals surface area (Å²) in [5.41, 5.74) is 2.12. The Labute approximate surface area is 210 Å². The van der Waals surface area contributed by atoms with Crippen molar-refractivity contribution >= 4 is 23.6 Å². The number of hydrogen-bond acceptors (Lipinski definition) is 7. The first-order valence-electron chi connectivity index (χ1n) is 12.7. The van der Waals surface area contributed by atoms with Gasteiger partial charge in [-0.1, -0.05) is 38.5 Å². The molecule has 8 heteroatoms. The van der Waals surface area contributed by atoms with E-state index in [1.54, 1.807) is 42.7 Å². The molecule has 6 nitrogen and oxygen atoms in total. The van der Waals surface area contributed by atoms with Gasteiger partial charge in [0.25, 0.3) is 0 Å². The maximum Gasteiger partial charge on any atom is 0.223 e. The van der Waals surface area contributed by atoms with Crippen LogP contribution < -0.4 is 14.8 Å². The number of rotatable bonds is 8. The van der Waals surface area contributed by atoms with E-state index >= 15 is 0 Å². The van der Waals surface area contributed by atoms with Gasteiger partial charge in [-0.05, 0) is 61.9 Å². The summed E-state index contributed by atoms with van der Waals surface area (Å²) in [6, 6.07) is 8.97. The van der Waals surface area contributed by atoms with Crippen LogP contribution in [-0.4, -0.2) is 26.2 Å². The Bertz CT molecular complexity index is 1120. The van der Waals surface area contributed by atoms with Gasteiger partial charge in [0, 0.05) is 41.6 Å². The van der Waals surface area contributed by atoms with Gasteiger partial charge in [-0.15, -0.1) is 0 Å². The van der Waals surface area contributed by atoms with Gasteiger partial charge in [0.1, 0.15) is 5.75 Å². The van der Waals surface area contributed by atoms with E-state index < -0.39 is 5.82 Å². The topological polar surface area (TPSA) is 72.0 Å². The predicted octanol–water partition coefficient (Wildman–Crippen LogP) is 7.61. The fourth-order valence-corrected chi connectivity index (χ4v) is 5.77. The highest BCUT2D eigenvalue weighted by atomic mass is 32.2. The molecule has 2 N–H and O–H groups in total. The monoisotopic (exact) mass is 493 g/mol. The first-order valence-corrected chi connectivity index (χ1v) is 13.6. The first kappa shape index (κ1) is 23.9. The minimum atomic E-state index is -0.413. The number of hydrogen-bond donors (Lipinski definition) is 2. The average molecular weight is 494 g/mol. The summed E-state index contributed by atoms with van der Waals surface area (Å²) >= 11 is 1.70. The van der Waals surface area contributed by atoms with E-state index in [9.17, 15) is 4.39 Å². The highest BCUT2D eigenvalue weighted by Gasteiger charge is 2.17. The molecule has 2 saturated carbocycles. The fraction of sp³-hybridized carbons (Fsp3) is 0.444. The Morgan fingerprint density at radius 2 is 1.69 bits per heavy atom. The predicted molar refractivity (Wildman–Crippen MR) is 140 cm³/mol. The van der Waals surface area contributed by atoms with Gasteiger partial charge in [-0.2, -0.15) is 0 Å². The number of aromatic nitrogens is 3.